The third kappa shape index (κ3) is 4.73. The molecule has 0 aromatic carbocycles. The maximum atomic E-state index is 3.70. The van der Waals surface area contributed by atoms with Gasteiger partial charge in [-0.15, -0.1) is 0 Å². The van der Waals surface area contributed by atoms with Crippen molar-refractivity contribution in [3.63, 3.8) is 0 Å². The van der Waals surface area contributed by atoms with Crippen LogP contribution in [-0.2, 0) is 0 Å². The Hall–Kier alpha value is -0.0800. The fourth-order valence-corrected chi connectivity index (χ4v) is 4.44. The van der Waals surface area contributed by atoms with Crippen LogP contribution in [0, 0.1) is 17.8 Å². The smallest absolute Gasteiger partial charge is 0.0223 e. The van der Waals surface area contributed by atoms with Crippen LogP contribution in [0.1, 0.15) is 66.2 Å². The molecule has 3 unspecified atom stereocenters. The van der Waals surface area contributed by atoms with Crippen molar-refractivity contribution in [2.75, 3.05) is 19.6 Å². The minimum Gasteiger partial charge on any atom is -0.315 e. The summed E-state index contributed by atoms with van der Waals surface area (Å²) >= 11 is 0. The van der Waals surface area contributed by atoms with Gasteiger partial charge >= 0.3 is 0 Å². The molecule has 0 aromatic heterocycles. The molecule has 118 valence electrons. The molecule has 3 atom stereocenters. The van der Waals surface area contributed by atoms with Gasteiger partial charge in [0, 0.05) is 18.6 Å². The van der Waals surface area contributed by atoms with Crippen molar-refractivity contribution in [1.82, 2.24) is 10.2 Å². The Bertz CT molecular complexity index is 267. The second-order valence-corrected chi connectivity index (χ2v) is 8.01. The van der Waals surface area contributed by atoms with E-state index in [1.165, 1.54) is 58.2 Å². The molecule has 0 radical (unpaired) electrons. The van der Waals surface area contributed by atoms with E-state index in [9.17, 15) is 0 Å². The van der Waals surface area contributed by atoms with E-state index in [2.05, 4.69) is 37.9 Å². The fraction of sp³-hybridized carbons (Fsp3) is 1.00. The molecule has 2 rings (SSSR count). The maximum Gasteiger partial charge on any atom is 0.0223 e. The van der Waals surface area contributed by atoms with E-state index in [-0.39, 0.29) is 0 Å². The molecule has 0 spiro atoms. The van der Waals surface area contributed by atoms with Crippen molar-refractivity contribution in [3.05, 3.63) is 0 Å². The van der Waals surface area contributed by atoms with Crippen LogP contribution in [0.25, 0.3) is 0 Å². The highest BCUT2D eigenvalue weighted by Gasteiger charge is 2.33. The van der Waals surface area contributed by atoms with E-state index in [1.807, 2.05) is 0 Å². The lowest BCUT2D eigenvalue weighted by Gasteiger charge is -2.45. The number of piperidine rings is 1. The lowest BCUT2D eigenvalue weighted by Crippen LogP contribution is -2.52. The molecule has 2 aliphatic rings. The first-order valence-electron chi connectivity index (χ1n) is 9.02. The zero-order valence-electron chi connectivity index (χ0n) is 14.2. The van der Waals surface area contributed by atoms with Crippen LogP contribution in [-0.4, -0.2) is 36.6 Å². The molecule has 1 saturated carbocycles. The monoisotopic (exact) mass is 280 g/mol. The molecule has 0 aromatic rings. The van der Waals surface area contributed by atoms with Crippen molar-refractivity contribution >= 4 is 0 Å². The molecule has 2 heteroatoms. The maximum absolute atomic E-state index is 3.70. The molecule has 1 aliphatic heterocycles. The van der Waals surface area contributed by atoms with Gasteiger partial charge < -0.3 is 5.32 Å². The molecule has 2 fully saturated rings. The summed E-state index contributed by atoms with van der Waals surface area (Å²) in [6, 6.07) is 1.66. The van der Waals surface area contributed by atoms with Crippen molar-refractivity contribution in [3.8, 4) is 0 Å². The Morgan fingerprint density at radius 1 is 1.05 bits per heavy atom. The van der Waals surface area contributed by atoms with Crippen LogP contribution in [0.2, 0.25) is 0 Å². The Balaban J connectivity index is 1.88. The summed E-state index contributed by atoms with van der Waals surface area (Å²) < 4.78 is 0. The van der Waals surface area contributed by atoms with Gasteiger partial charge in [-0.1, -0.05) is 34.1 Å². The summed E-state index contributed by atoms with van der Waals surface area (Å²) in [4.78, 5) is 2.88. The summed E-state index contributed by atoms with van der Waals surface area (Å²) in [6.45, 7) is 13.2. The minimum atomic E-state index is 0.766. The van der Waals surface area contributed by atoms with Crippen LogP contribution in [0.3, 0.4) is 0 Å². The topological polar surface area (TPSA) is 15.3 Å². The van der Waals surface area contributed by atoms with Gasteiger partial charge in [0.25, 0.3) is 0 Å². The standard InChI is InChI=1S/C18H36N2/c1-14(2)12-19-13-17-7-5-6-8-20(17)18-10-15(3)9-16(4)11-18/h14-19H,5-13H2,1-4H3. The van der Waals surface area contributed by atoms with Gasteiger partial charge in [-0.25, -0.2) is 0 Å². The third-order valence-corrected chi connectivity index (χ3v) is 5.23. The second kappa shape index (κ2) is 7.79. The van der Waals surface area contributed by atoms with Gasteiger partial charge in [-0.2, -0.15) is 0 Å². The number of hydrogen-bond acceptors (Lipinski definition) is 2. The van der Waals surface area contributed by atoms with E-state index in [4.69, 9.17) is 0 Å². The molecule has 1 heterocycles. The van der Waals surface area contributed by atoms with Crippen molar-refractivity contribution in [2.45, 2.75) is 78.3 Å². The van der Waals surface area contributed by atoms with Crippen LogP contribution < -0.4 is 5.32 Å². The molecule has 20 heavy (non-hydrogen) atoms. The Morgan fingerprint density at radius 3 is 2.40 bits per heavy atom. The lowest BCUT2D eigenvalue weighted by atomic mass is 9.78. The molecular formula is C18H36N2. The number of nitrogens with one attached hydrogen (secondary N) is 1. The highest BCUT2D eigenvalue weighted by Crippen LogP contribution is 2.34. The van der Waals surface area contributed by atoms with Gasteiger partial charge in [0.1, 0.15) is 0 Å². The predicted octanol–water partition coefficient (Wildman–Crippen LogP) is 3.91. The predicted molar refractivity (Wildman–Crippen MR) is 88.0 cm³/mol. The van der Waals surface area contributed by atoms with E-state index in [1.54, 1.807) is 0 Å². The highest BCUT2D eigenvalue weighted by molar-refractivity contribution is 4.88. The van der Waals surface area contributed by atoms with Gasteiger partial charge in [0.05, 0.1) is 0 Å². The SMILES string of the molecule is CC(C)CNCC1CCCCN1C1CC(C)CC(C)C1. The average molecular weight is 280 g/mol. The fourth-order valence-electron chi connectivity index (χ4n) is 4.44. The molecule has 0 amide bonds. The molecule has 1 N–H and O–H groups in total. The summed E-state index contributed by atoms with van der Waals surface area (Å²) in [7, 11) is 0. The second-order valence-electron chi connectivity index (χ2n) is 8.01. The van der Waals surface area contributed by atoms with E-state index >= 15 is 0 Å². The first kappa shape index (κ1) is 16.3. The van der Waals surface area contributed by atoms with Crippen molar-refractivity contribution < 1.29 is 0 Å². The molecule has 1 aliphatic carbocycles. The lowest BCUT2D eigenvalue weighted by molar-refractivity contribution is 0.0463. The van der Waals surface area contributed by atoms with Gasteiger partial charge in [0.15, 0.2) is 0 Å². The number of rotatable bonds is 5. The van der Waals surface area contributed by atoms with Gasteiger partial charge in [0.2, 0.25) is 0 Å². The summed E-state index contributed by atoms with van der Waals surface area (Å²) in [5.41, 5.74) is 0. The molecule has 0 bridgehead atoms. The molecule has 1 saturated heterocycles. The summed E-state index contributed by atoms with van der Waals surface area (Å²) in [6.07, 6.45) is 8.57. The molecular weight excluding hydrogens is 244 g/mol. The Kier molecular flexibility index (Phi) is 6.35. The van der Waals surface area contributed by atoms with E-state index < -0.39 is 0 Å². The number of likely N-dealkylation sites (tertiary alicyclic amines) is 1. The number of nitrogens with zero attached hydrogens (tertiary/aromatic N) is 1. The zero-order chi connectivity index (χ0) is 14.5. The normalized spacial score (nSPS) is 36.5. The van der Waals surface area contributed by atoms with Crippen LogP contribution in [0.5, 0.6) is 0 Å². The Morgan fingerprint density at radius 2 is 1.75 bits per heavy atom. The quantitative estimate of drug-likeness (QED) is 0.821. The first-order valence-corrected chi connectivity index (χ1v) is 9.02. The van der Waals surface area contributed by atoms with Crippen LogP contribution in [0.15, 0.2) is 0 Å². The summed E-state index contributed by atoms with van der Waals surface area (Å²) in [5, 5.41) is 3.70. The molecule has 2 nitrogen and oxygen atoms in total. The third-order valence-electron chi connectivity index (χ3n) is 5.23. The van der Waals surface area contributed by atoms with Gasteiger partial charge in [-0.3, -0.25) is 4.90 Å². The summed E-state index contributed by atoms with van der Waals surface area (Å²) in [5.74, 6) is 2.62. The van der Waals surface area contributed by atoms with Crippen LogP contribution in [0.4, 0.5) is 0 Å². The van der Waals surface area contributed by atoms with Crippen molar-refractivity contribution in [1.29, 1.82) is 0 Å². The highest BCUT2D eigenvalue weighted by atomic mass is 15.2. The van der Waals surface area contributed by atoms with Gasteiger partial charge in [-0.05, 0) is 62.9 Å². The van der Waals surface area contributed by atoms with E-state index in [0.29, 0.717) is 0 Å². The minimum absolute atomic E-state index is 0.766. The Labute approximate surface area is 126 Å². The zero-order valence-corrected chi connectivity index (χ0v) is 14.2. The largest absolute Gasteiger partial charge is 0.315 e. The average Bonchev–Trinajstić information content (AvgIpc) is 2.37. The van der Waals surface area contributed by atoms with Crippen molar-refractivity contribution in [2.24, 2.45) is 17.8 Å². The number of hydrogen-bond donors (Lipinski definition) is 1. The van der Waals surface area contributed by atoms with E-state index in [0.717, 1.165) is 29.8 Å². The van der Waals surface area contributed by atoms with Crippen LogP contribution >= 0.6 is 0 Å². The first-order chi connectivity index (χ1) is 9.56.